The van der Waals surface area contributed by atoms with Gasteiger partial charge in [-0.15, -0.1) is 0 Å². The van der Waals surface area contributed by atoms with Gasteiger partial charge in [0.2, 0.25) is 5.91 Å². The number of benzene rings is 2. The summed E-state index contributed by atoms with van der Waals surface area (Å²) in [5, 5.41) is 3.07. The standard InChI is InChI=1S/C25H24FN3O/c1-17-8-7-13-29-23(16-27-25(17)29)22(20-11-6-12-21(26)14-20)15-24(30)28-18(2)19-9-4-3-5-10-19/h3-14,16,18,22H,15H2,1-2H3,(H,28,30). The van der Waals surface area contributed by atoms with Crippen molar-refractivity contribution in [2.45, 2.75) is 32.2 Å². The summed E-state index contributed by atoms with van der Waals surface area (Å²) in [6.07, 6.45) is 3.91. The van der Waals surface area contributed by atoms with Crippen LogP contribution in [0.5, 0.6) is 0 Å². The molecule has 0 radical (unpaired) electrons. The molecule has 2 aromatic carbocycles. The lowest BCUT2D eigenvalue weighted by atomic mass is 9.92. The predicted molar refractivity (Wildman–Crippen MR) is 116 cm³/mol. The molecule has 1 amide bonds. The molecule has 0 aliphatic heterocycles. The van der Waals surface area contributed by atoms with E-state index in [9.17, 15) is 9.18 Å². The number of fused-ring (bicyclic) bond motifs is 1. The van der Waals surface area contributed by atoms with Crippen molar-refractivity contribution in [1.82, 2.24) is 14.7 Å². The molecular weight excluding hydrogens is 377 g/mol. The summed E-state index contributed by atoms with van der Waals surface area (Å²) in [6, 6.07) is 20.1. The first-order valence-corrected chi connectivity index (χ1v) is 10.1. The number of imidazole rings is 1. The largest absolute Gasteiger partial charge is 0.350 e. The average molecular weight is 401 g/mol. The first kappa shape index (κ1) is 19.8. The summed E-state index contributed by atoms with van der Waals surface area (Å²) in [7, 11) is 0. The molecule has 0 fully saturated rings. The maximum Gasteiger partial charge on any atom is 0.221 e. The first-order chi connectivity index (χ1) is 14.5. The van der Waals surface area contributed by atoms with E-state index in [0.717, 1.165) is 28.0 Å². The zero-order valence-corrected chi connectivity index (χ0v) is 17.0. The van der Waals surface area contributed by atoms with Crippen molar-refractivity contribution in [2.75, 3.05) is 0 Å². The summed E-state index contributed by atoms with van der Waals surface area (Å²) in [4.78, 5) is 17.5. The van der Waals surface area contributed by atoms with Gasteiger partial charge in [-0.1, -0.05) is 48.5 Å². The van der Waals surface area contributed by atoms with Crippen molar-refractivity contribution in [3.8, 4) is 0 Å². The molecule has 1 N–H and O–H groups in total. The van der Waals surface area contributed by atoms with Crippen LogP contribution in [-0.2, 0) is 4.79 Å². The molecule has 0 saturated carbocycles. The van der Waals surface area contributed by atoms with Gasteiger partial charge in [0.05, 0.1) is 11.7 Å². The number of halogens is 1. The normalized spacial score (nSPS) is 13.2. The van der Waals surface area contributed by atoms with Gasteiger partial charge in [-0.3, -0.25) is 4.79 Å². The Morgan fingerprint density at radius 2 is 1.83 bits per heavy atom. The number of hydrogen-bond acceptors (Lipinski definition) is 2. The Labute approximate surface area is 175 Å². The van der Waals surface area contributed by atoms with E-state index in [-0.39, 0.29) is 30.1 Å². The second kappa shape index (κ2) is 8.49. The van der Waals surface area contributed by atoms with Crippen molar-refractivity contribution >= 4 is 11.6 Å². The minimum Gasteiger partial charge on any atom is -0.350 e. The number of carbonyl (C=O) groups excluding carboxylic acids is 1. The predicted octanol–water partition coefficient (Wildman–Crippen LogP) is 5.18. The van der Waals surface area contributed by atoms with Crippen LogP contribution in [-0.4, -0.2) is 15.3 Å². The number of aryl methyl sites for hydroxylation is 1. The van der Waals surface area contributed by atoms with E-state index in [1.54, 1.807) is 12.3 Å². The SMILES string of the molecule is Cc1cccn2c(C(CC(=O)NC(C)c3ccccc3)c3cccc(F)c3)cnc12. The van der Waals surface area contributed by atoms with Crippen LogP contribution in [0.2, 0.25) is 0 Å². The van der Waals surface area contributed by atoms with Crippen LogP contribution in [0, 0.1) is 12.7 Å². The van der Waals surface area contributed by atoms with Crippen molar-refractivity contribution in [3.63, 3.8) is 0 Å². The fraction of sp³-hybridized carbons (Fsp3) is 0.200. The fourth-order valence-corrected chi connectivity index (χ4v) is 3.86. The molecule has 0 saturated heterocycles. The summed E-state index contributed by atoms with van der Waals surface area (Å²) in [5.41, 5.74) is 4.54. The van der Waals surface area contributed by atoms with E-state index in [1.807, 2.05) is 73.0 Å². The van der Waals surface area contributed by atoms with Gasteiger partial charge in [-0.25, -0.2) is 9.37 Å². The highest BCUT2D eigenvalue weighted by molar-refractivity contribution is 5.78. The van der Waals surface area contributed by atoms with Crippen molar-refractivity contribution in [1.29, 1.82) is 0 Å². The Bertz CT molecular complexity index is 1170. The number of hydrogen-bond donors (Lipinski definition) is 1. The topological polar surface area (TPSA) is 46.4 Å². The number of nitrogens with zero attached hydrogens (tertiary/aromatic N) is 2. The molecule has 5 heteroatoms. The molecule has 152 valence electrons. The summed E-state index contributed by atoms with van der Waals surface area (Å²) >= 11 is 0. The van der Waals surface area contributed by atoms with E-state index in [4.69, 9.17) is 0 Å². The smallest absolute Gasteiger partial charge is 0.221 e. The molecule has 30 heavy (non-hydrogen) atoms. The first-order valence-electron chi connectivity index (χ1n) is 10.1. The Hall–Kier alpha value is -3.47. The highest BCUT2D eigenvalue weighted by Crippen LogP contribution is 2.30. The lowest BCUT2D eigenvalue weighted by Gasteiger charge is -2.20. The molecule has 0 spiro atoms. The maximum absolute atomic E-state index is 14.0. The van der Waals surface area contributed by atoms with Crippen molar-refractivity contribution < 1.29 is 9.18 Å². The maximum atomic E-state index is 14.0. The number of amides is 1. The summed E-state index contributed by atoms with van der Waals surface area (Å²) in [6.45, 7) is 3.96. The molecule has 4 rings (SSSR count). The zero-order chi connectivity index (χ0) is 21.1. The lowest BCUT2D eigenvalue weighted by molar-refractivity contribution is -0.122. The van der Waals surface area contributed by atoms with E-state index >= 15 is 0 Å². The van der Waals surface area contributed by atoms with E-state index in [1.165, 1.54) is 12.1 Å². The third-order valence-electron chi connectivity index (χ3n) is 5.43. The van der Waals surface area contributed by atoms with Crippen LogP contribution in [0.3, 0.4) is 0 Å². The Kier molecular flexibility index (Phi) is 5.61. The minimum atomic E-state index is -0.319. The van der Waals surface area contributed by atoms with Gasteiger partial charge < -0.3 is 9.72 Å². The van der Waals surface area contributed by atoms with Crippen LogP contribution < -0.4 is 5.32 Å². The number of pyridine rings is 1. The molecule has 4 aromatic rings. The van der Waals surface area contributed by atoms with Gasteiger partial charge in [-0.2, -0.15) is 0 Å². The van der Waals surface area contributed by atoms with Crippen LogP contribution in [0.1, 0.15) is 47.7 Å². The van der Waals surface area contributed by atoms with Crippen LogP contribution in [0.15, 0.2) is 79.1 Å². The minimum absolute atomic E-state index is 0.0942. The monoisotopic (exact) mass is 401 g/mol. The van der Waals surface area contributed by atoms with Crippen LogP contribution in [0.4, 0.5) is 4.39 Å². The second-order valence-electron chi connectivity index (χ2n) is 7.58. The third kappa shape index (κ3) is 4.10. The summed E-state index contributed by atoms with van der Waals surface area (Å²) in [5.74, 6) is -0.732. The van der Waals surface area contributed by atoms with Gasteiger partial charge in [-0.05, 0) is 48.7 Å². The quantitative estimate of drug-likeness (QED) is 0.484. The molecule has 2 aromatic heterocycles. The number of aromatic nitrogens is 2. The molecule has 2 heterocycles. The average Bonchev–Trinajstić information content (AvgIpc) is 3.18. The molecule has 2 unspecified atom stereocenters. The van der Waals surface area contributed by atoms with E-state index < -0.39 is 0 Å². The highest BCUT2D eigenvalue weighted by Gasteiger charge is 2.23. The van der Waals surface area contributed by atoms with Crippen molar-refractivity contribution in [3.05, 3.63) is 107 Å². The molecular formula is C25H24FN3O. The second-order valence-corrected chi connectivity index (χ2v) is 7.58. The molecule has 4 nitrogen and oxygen atoms in total. The Balaban J connectivity index is 1.66. The van der Waals surface area contributed by atoms with Gasteiger partial charge in [0.1, 0.15) is 11.5 Å². The highest BCUT2D eigenvalue weighted by atomic mass is 19.1. The third-order valence-corrected chi connectivity index (χ3v) is 5.43. The lowest BCUT2D eigenvalue weighted by Crippen LogP contribution is -2.28. The van der Waals surface area contributed by atoms with E-state index in [0.29, 0.717) is 0 Å². The molecule has 0 aliphatic carbocycles. The molecule has 0 bridgehead atoms. The number of nitrogens with one attached hydrogen (secondary N) is 1. The summed E-state index contributed by atoms with van der Waals surface area (Å²) < 4.78 is 16.0. The Morgan fingerprint density at radius 1 is 1.07 bits per heavy atom. The van der Waals surface area contributed by atoms with Gasteiger partial charge in [0, 0.05) is 24.7 Å². The molecule has 2 atom stereocenters. The van der Waals surface area contributed by atoms with Gasteiger partial charge in [0.15, 0.2) is 0 Å². The Morgan fingerprint density at radius 3 is 2.60 bits per heavy atom. The molecule has 0 aliphatic rings. The van der Waals surface area contributed by atoms with E-state index in [2.05, 4.69) is 10.3 Å². The van der Waals surface area contributed by atoms with Crippen molar-refractivity contribution in [2.24, 2.45) is 0 Å². The zero-order valence-electron chi connectivity index (χ0n) is 17.0. The van der Waals surface area contributed by atoms with Crippen LogP contribution in [0.25, 0.3) is 5.65 Å². The van der Waals surface area contributed by atoms with Gasteiger partial charge >= 0.3 is 0 Å². The number of rotatable bonds is 6. The van der Waals surface area contributed by atoms with Gasteiger partial charge in [0.25, 0.3) is 0 Å². The van der Waals surface area contributed by atoms with Crippen LogP contribution >= 0.6 is 0 Å². The fourth-order valence-electron chi connectivity index (χ4n) is 3.86. The number of carbonyl (C=O) groups is 1.